The number of furan rings is 1. The molecule has 1 aliphatic rings. The lowest BCUT2D eigenvalue weighted by Crippen LogP contribution is -2.00. The van der Waals surface area contributed by atoms with Gasteiger partial charge in [-0.15, -0.1) is 0 Å². The second kappa shape index (κ2) is 10.5. The highest BCUT2D eigenvalue weighted by molar-refractivity contribution is 6.06. The van der Waals surface area contributed by atoms with Gasteiger partial charge in [0.05, 0.1) is 0 Å². The summed E-state index contributed by atoms with van der Waals surface area (Å²) in [5, 5.41) is 4.49. The first-order chi connectivity index (χ1) is 23.7. The third-order valence-electron chi connectivity index (χ3n) is 9.14. The van der Waals surface area contributed by atoms with Crippen LogP contribution in [0.5, 0.6) is 11.5 Å². The SMILES string of the molecule is c1ccc(-c2nc(-c3ccc(-c4ccc5c(c4)-c4cccc6cccc(c46)O5)cc3)nc(-c3ccc4c(c3)oc3ccccc34)n2)cc1. The van der Waals surface area contributed by atoms with E-state index in [4.69, 9.17) is 24.1 Å². The maximum absolute atomic E-state index is 6.32. The van der Waals surface area contributed by atoms with Crippen LogP contribution in [-0.2, 0) is 0 Å². The molecule has 5 nitrogen and oxygen atoms in total. The van der Waals surface area contributed by atoms with Gasteiger partial charge in [0.15, 0.2) is 17.5 Å². The van der Waals surface area contributed by atoms with E-state index in [1.165, 1.54) is 10.9 Å². The minimum atomic E-state index is 0.592. The van der Waals surface area contributed by atoms with E-state index in [1.54, 1.807) is 0 Å². The Hall–Kier alpha value is -6.59. The minimum absolute atomic E-state index is 0.592. The van der Waals surface area contributed by atoms with E-state index in [-0.39, 0.29) is 0 Å². The molecule has 0 spiro atoms. The fourth-order valence-electron chi connectivity index (χ4n) is 6.77. The molecule has 9 aromatic rings. The molecule has 10 rings (SSSR count). The molecule has 0 radical (unpaired) electrons. The van der Waals surface area contributed by atoms with E-state index < -0.39 is 0 Å². The van der Waals surface area contributed by atoms with E-state index in [1.807, 2.05) is 66.7 Å². The highest BCUT2D eigenvalue weighted by Crippen LogP contribution is 2.47. The lowest BCUT2D eigenvalue weighted by molar-refractivity contribution is 0.487. The topological polar surface area (TPSA) is 61.0 Å². The summed E-state index contributed by atoms with van der Waals surface area (Å²) in [6, 6.07) is 51.7. The minimum Gasteiger partial charge on any atom is -0.456 e. The van der Waals surface area contributed by atoms with Crippen molar-refractivity contribution in [2.24, 2.45) is 0 Å². The lowest BCUT2D eigenvalue weighted by atomic mass is 9.92. The van der Waals surface area contributed by atoms with Crippen molar-refractivity contribution in [1.82, 2.24) is 15.0 Å². The molecule has 2 aromatic heterocycles. The molecule has 3 heterocycles. The van der Waals surface area contributed by atoms with Crippen molar-refractivity contribution in [2.45, 2.75) is 0 Å². The van der Waals surface area contributed by atoms with E-state index in [9.17, 15) is 0 Å². The number of aromatic nitrogens is 3. The highest BCUT2D eigenvalue weighted by atomic mass is 16.5. The predicted molar refractivity (Wildman–Crippen MR) is 192 cm³/mol. The second-order valence-corrected chi connectivity index (χ2v) is 12.0. The normalized spacial score (nSPS) is 11.9. The summed E-state index contributed by atoms with van der Waals surface area (Å²) in [5.41, 5.74) is 8.86. The van der Waals surface area contributed by atoms with Gasteiger partial charge in [0.2, 0.25) is 0 Å². The second-order valence-electron chi connectivity index (χ2n) is 12.0. The van der Waals surface area contributed by atoms with Crippen LogP contribution in [0.1, 0.15) is 0 Å². The number of benzene rings is 7. The van der Waals surface area contributed by atoms with Crippen LogP contribution < -0.4 is 4.74 Å². The van der Waals surface area contributed by atoms with Crippen LogP contribution in [0.4, 0.5) is 0 Å². The average Bonchev–Trinajstić information content (AvgIpc) is 3.53. The van der Waals surface area contributed by atoms with Crippen LogP contribution in [0.25, 0.3) is 89.1 Å². The zero-order valence-electron chi connectivity index (χ0n) is 25.6. The van der Waals surface area contributed by atoms with Gasteiger partial charge in [-0.05, 0) is 58.5 Å². The fourth-order valence-corrected chi connectivity index (χ4v) is 6.77. The third-order valence-corrected chi connectivity index (χ3v) is 9.14. The van der Waals surface area contributed by atoms with E-state index >= 15 is 0 Å². The summed E-state index contributed by atoms with van der Waals surface area (Å²) in [6.45, 7) is 0. The molecule has 0 atom stereocenters. The van der Waals surface area contributed by atoms with Crippen molar-refractivity contribution >= 4 is 32.7 Å². The average molecular weight is 616 g/mol. The highest BCUT2D eigenvalue weighted by Gasteiger charge is 2.20. The van der Waals surface area contributed by atoms with E-state index in [0.29, 0.717) is 17.5 Å². The van der Waals surface area contributed by atoms with Crippen LogP contribution in [0.15, 0.2) is 156 Å². The van der Waals surface area contributed by atoms with Gasteiger partial charge in [-0.1, -0.05) is 115 Å². The van der Waals surface area contributed by atoms with Gasteiger partial charge in [0.1, 0.15) is 22.7 Å². The first-order valence-corrected chi connectivity index (χ1v) is 15.9. The number of nitrogens with zero attached hydrogens (tertiary/aromatic N) is 3. The Balaban J connectivity index is 1.05. The molecule has 0 aliphatic carbocycles. The molecule has 224 valence electrons. The Labute approximate surface area is 275 Å². The van der Waals surface area contributed by atoms with Crippen molar-refractivity contribution in [3.63, 3.8) is 0 Å². The van der Waals surface area contributed by atoms with E-state index in [2.05, 4.69) is 84.9 Å². The number of rotatable bonds is 4. The molecule has 48 heavy (non-hydrogen) atoms. The molecule has 0 saturated heterocycles. The summed E-state index contributed by atoms with van der Waals surface area (Å²) >= 11 is 0. The van der Waals surface area contributed by atoms with Crippen molar-refractivity contribution in [3.05, 3.63) is 152 Å². The Morgan fingerprint density at radius 1 is 0.375 bits per heavy atom. The predicted octanol–water partition coefficient (Wildman–Crippen LogP) is 11.4. The lowest BCUT2D eigenvalue weighted by Gasteiger charge is -2.22. The molecule has 0 saturated carbocycles. The number of hydrogen-bond donors (Lipinski definition) is 0. The Morgan fingerprint density at radius 2 is 1.02 bits per heavy atom. The molecule has 1 aliphatic heterocycles. The fraction of sp³-hybridized carbons (Fsp3) is 0. The zero-order chi connectivity index (χ0) is 31.6. The number of para-hydroxylation sites is 1. The van der Waals surface area contributed by atoms with Gasteiger partial charge >= 0.3 is 0 Å². The molecule has 7 aromatic carbocycles. The molecule has 0 amide bonds. The molecular weight excluding hydrogens is 590 g/mol. The zero-order valence-corrected chi connectivity index (χ0v) is 25.6. The Morgan fingerprint density at radius 3 is 1.85 bits per heavy atom. The number of ether oxygens (including phenoxy) is 1. The van der Waals surface area contributed by atoms with Crippen LogP contribution in [0, 0.1) is 0 Å². The number of hydrogen-bond acceptors (Lipinski definition) is 5. The van der Waals surface area contributed by atoms with Crippen molar-refractivity contribution in [1.29, 1.82) is 0 Å². The van der Waals surface area contributed by atoms with Crippen molar-refractivity contribution in [2.75, 3.05) is 0 Å². The quantitative estimate of drug-likeness (QED) is 0.197. The molecule has 0 fully saturated rings. The molecule has 0 N–H and O–H groups in total. The number of fused-ring (bicyclic) bond motifs is 5. The summed E-state index contributed by atoms with van der Waals surface area (Å²) in [5.74, 6) is 3.59. The monoisotopic (exact) mass is 615 g/mol. The standard InChI is InChI=1S/C43H25N3O2/c1-2-8-28(9-3-1)41-44-42(46-43(45-41)31-20-22-33-32-12-4-5-14-36(32)48-39(33)25-31)29-18-16-26(17-19-29)30-21-23-37-35(24-30)34-13-6-10-27-11-7-15-38(47-37)40(27)34/h1-25H. The van der Waals surface area contributed by atoms with Crippen LogP contribution >= 0.6 is 0 Å². The maximum atomic E-state index is 6.32. The van der Waals surface area contributed by atoms with Crippen molar-refractivity contribution in [3.8, 4) is 67.9 Å². The van der Waals surface area contributed by atoms with E-state index in [0.717, 1.165) is 72.2 Å². The van der Waals surface area contributed by atoms with Gasteiger partial charge in [0.25, 0.3) is 0 Å². The van der Waals surface area contributed by atoms with Gasteiger partial charge in [-0.3, -0.25) is 0 Å². The first-order valence-electron chi connectivity index (χ1n) is 15.9. The summed E-state index contributed by atoms with van der Waals surface area (Å²) < 4.78 is 12.5. The smallest absolute Gasteiger partial charge is 0.164 e. The molecule has 0 bridgehead atoms. The van der Waals surface area contributed by atoms with Gasteiger partial charge in [0, 0.05) is 38.4 Å². The summed E-state index contributed by atoms with van der Waals surface area (Å²) in [4.78, 5) is 14.8. The Bertz CT molecular complexity index is 2690. The third kappa shape index (κ3) is 4.29. The first kappa shape index (κ1) is 26.6. The van der Waals surface area contributed by atoms with Gasteiger partial charge in [-0.2, -0.15) is 0 Å². The maximum Gasteiger partial charge on any atom is 0.164 e. The van der Waals surface area contributed by atoms with Crippen LogP contribution in [-0.4, -0.2) is 15.0 Å². The Kier molecular flexibility index (Phi) is 5.81. The molecular formula is C43H25N3O2. The van der Waals surface area contributed by atoms with Crippen LogP contribution in [0.2, 0.25) is 0 Å². The van der Waals surface area contributed by atoms with Gasteiger partial charge < -0.3 is 9.15 Å². The van der Waals surface area contributed by atoms with Crippen molar-refractivity contribution < 1.29 is 9.15 Å². The largest absolute Gasteiger partial charge is 0.456 e. The van der Waals surface area contributed by atoms with Crippen LogP contribution in [0.3, 0.4) is 0 Å². The summed E-state index contributed by atoms with van der Waals surface area (Å²) in [6.07, 6.45) is 0. The van der Waals surface area contributed by atoms with Gasteiger partial charge in [-0.25, -0.2) is 15.0 Å². The summed E-state index contributed by atoms with van der Waals surface area (Å²) in [7, 11) is 0. The molecule has 0 unspecified atom stereocenters. The molecule has 5 heteroatoms.